The Hall–Kier alpha value is -0.0800. The van der Waals surface area contributed by atoms with E-state index in [2.05, 4.69) is 13.8 Å². The Bertz CT molecular complexity index is 81.6. The first-order chi connectivity index (χ1) is 5.29. The zero-order chi connectivity index (χ0) is 8.69. The molecule has 0 aromatic carbocycles. The summed E-state index contributed by atoms with van der Waals surface area (Å²) in [5.74, 6) is 0.639. The molecule has 1 atom stereocenters. The number of nitrogens with two attached hydrogens (primary N) is 1. The summed E-state index contributed by atoms with van der Waals surface area (Å²) in [5.41, 5.74) is 5.59. The predicted molar refractivity (Wildman–Crippen MR) is 48.5 cm³/mol. The normalized spacial score (nSPS) is 13.9. The van der Waals surface area contributed by atoms with E-state index in [9.17, 15) is 0 Å². The monoisotopic (exact) mass is 159 g/mol. The third kappa shape index (κ3) is 3.73. The predicted octanol–water partition coefficient (Wildman–Crippen LogP) is 1.79. The molecule has 0 aliphatic rings. The minimum Gasteiger partial charge on any atom is -0.377 e. The molecular formula is C9H21NO. The lowest BCUT2D eigenvalue weighted by molar-refractivity contribution is 0.0234. The average molecular weight is 159 g/mol. The van der Waals surface area contributed by atoms with Crippen LogP contribution in [0.15, 0.2) is 0 Å². The van der Waals surface area contributed by atoms with Crippen molar-refractivity contribution in [1.29, 1.82) is 0 Å². The molecule has 0 fully saturated rings. The molecule has 0 aliphatic heterocycles. The Kier molecular flexibility index (Phi) is 6.57. The van der Waals surface area contributed by atoms with Crippen LogP contribution in [0.1, 0.15) is 33.6 Å². The highest BCUT2D eigenvalue weighted by Crippen LogP contribution is 2.14. The van der Waals surface area contributed by atoms with E-state index in [1.54, 1.807) is 0 Å². The minimum atomic E-state index is 0.273. The second-order valence-electron chi connectivity index (χ2n) is 2.81. The topological polar surface area (TPSA) is 35.2 Å². The van der Waals surface area contributed by atoms with E-state index >= 15 is 0 Å². The van der Waals surface area contributed by atoms with Gasteiger partial charge in [-0.15, -0.1) is 0 Å². The molecular weight excluding hydrogens is 138 g/mol. The molecule has 0 saturated carbocycles. The van der Waals surface area contributed by atoms with E-state index in [-0.39, 0.29) is 6.10 Å². The minimum absolute atomic E-state index is 0.273. The first-order valence-electron chi connectivity index (χ1n) is 4.61. The van der Waals surface area contributed by atoms with Crippen LogP contribution in [-0.4, -0.2) is 19.3 Å². The first kappa shape index (κ1) is 10.9. The van der Waals surface area contributed by atoms with Gasteiger partial charge >= 0.3 is 0 Å². The van der Waals surface area contributed by atoms with E-state index in [1.807, 2.05) is 6.92 Å². The highest BCUT2D eigenvalue weighted by molar-refractivity contribution is 4.68. The van der Waals surface area contributed by atoms with Gasteiger partial charge in [-0.2, -0.15) is 0 Å². The van der Waals surface area contributed by atoms with Gasteiger partial charge in [-0.25, -0.2) is 0 Å². The third-order valence-corrected chi connectivity index (χ3v) is 2.19. The lowest BCUT2D eigenvalue weighted by Crippen LogP contribution is -2.31. The van der Waals surface area contributed by atoms with E-state index in [0.717, 1.165) is 6.61 Å². The Balaban J connectivity index is 3.76. The van der Waals surface area contributed by atoms with Crippen molar-refractivity contribution in [1.82, 2.24) is 0 Å². The summed E-state index contributed by atoms with van der Waals surface area (Å²) in [6, 6.07) is 0. The Morgan fingerprint density at radius 1 is 1.18 bits per heavy atom. The summed E-state index contributed by atoms with van der Waals surface area (Å²) in [7, 11) is 0. The summed E-state index contributed by atoms with van der Waals surface area (Å²) in [4.78, 5) is 0. The van der Waals surface area contributed by atoms with Crippen LogP contribution in [0, 0.1) is 5.92 Å². The SMILES string of the molecule is CCOC(CN)C(CC)CC. The van der Waals surface area contributed by atoms with Gasteiger partial charge < -0.3 is 10.5 Å². The molecule has 2 heteroatoms. The molecule has 68 valence electrons. The quantitative estimate of drug-likeness (QED) is 0.641. The first-order valence-corrected chi connectivity index (χ1v) is 4.61. The fourth-order valence-electron chi connectivity index (χ4n) is 1.43. The Morgan fingerprint density at radius 2 is 1.73 bits per heavy atom. The molecule has 0 aromatic rings. The summed E-state index contributed by atoms with van der Waals surface area (Å²) in [6.07, 6.45) is 2.60. The molecule has 0 aliphatic carbocycles. The summed E-state index contributed by atoms with van der Waals surface area (Å²) < 4.78 is 5.51. The van der Waals surface area contributed by atoms with E-state index < -0.39 is 0 Å². The van der Waals surface area contributed by atoms with Crippen molar-refractivity contribution in [2.45, 2.75) is 39.7 Å². The van der Waals surface area contributed by atoms with Gasteiger partial charge in [0.05, 0.1) is 6.10 Å². The van der Waals surface area contributed by atoms with Gasteiger partial charge in [0, 0.05) is 13.2 Å². The third-order valence-electron chi connectivity index (χ3n) is 2.19. The molecule has 0 rings (SSSR count). The van der Waals surface area contributed by atoms with Crippen molar-refractivity contribution in [3.8, 4) is 0 Å². The van der Waals surface area contributed by atoms with Crippen LogP contribution < -0.4 is 5.73 Å². The zero-order valence-corrected chi connectivity index (χ0v) is 7.97. The Labute approximate surface area is 70.1 Å². The highest BCUT2D eigenvalue weighted by Gasteiger charge is 2.16. The van der Waals surface area contributed by atoms with Crippen LogP contribution >= 0.6 is 0 Å². The van der Waals surface area contributed by atoms with Gasteiger partial charge in [0.25, 0.3) is 0 Å². The molecule has 0 saturated heterocycles. The summed E-state index contributed by atoms with van der Waals surface area (Å²) in [5, 5.41) is 0. The summed E-state index contributed by atoms with van der Waals surface area (Å²) >= 11 is 0. The fraction of sp³-hybridized carbons (Fsp3) is 1.00. The lowest BCUT2D eigenvalue weighted by Gasteiger charge is -2.23. The van der Waals surface area contributed by atoms with Crippen LogP contribution in [0.4, 0.5) is 0 Å². The van der Waals surface area contributed by atoms with Crippen LogP contribution in [0.3, 0.4) is 0 Å². The lowest BCUT2D eigenvalue weighted by atomic mass is 9.96. The molecule has 0 spiro atoms. The largest absolute Gasteiger partial charge is 0.377 e. The average Bonchev–Trinajstić information content (AvgIpc) is 2.05. The summed E-state index contributed by atoms with van der Waals surface area (Å²) in [6.45, 7) is 7.83. The molecule has 1 unspecified atom stereocenters. The van der Waals surface area contributed by atoms with Crippen LogP contribution in [-0.2, 0) is 4.74 Å². The second kappa shape index (κ2) is 6.62. The van der Waals surface area contributed by atoms with E-state index in [1.165, 1.54) is 12.8 Å². The van der Waals surface area contributed by atoms with E-state index in [0.29, 0.717) is 12.5 Å². The maximum Gasteiger partial charge on any atom is 0.0725 e. The van der Waals surface area contributed by atoms with Crippen molar-refractivity contribution in [3.05, 3.63) is 0 Å². The number of hydrogen-bond acceptors (Lipinski definition) is 2. The van der Waals surface area contributed by atoms with Gasteiger partial charge in [-0.3, -0.25) is 0 Å². The molecule has 0 aromatic heterocycles. The molecule has 0 heterocycles. The highest BCUT2D eigenvalue weighted by atomic mass is 16.5. The smallest absolute Gasteiger partial charge is 0.0725 e. The number of hydrogen-bond donors (Lipinski definition) is 1. The van der Waals surface area contributed by atoms with Crippen LogP contribution in [0.2, 0.25) is 0 Å². The van der Waals surface area contributed by atoms with Crippen molar-refractivity contribution >= 4 is 0 Å². The van der Waals surface area contributed by atoms with Gasteiger partial charge in [0.2, 0.25) is 0 Å². The molecule has 0 bridgehead atoms. The van der Waals surface area contributed by atoms with Crippen molar-refractivity contribution in [2.24, 2.45) is 11.7 Å². The van der Waals surface area contributed by atoms with Gasteiger partial charge in [-0.05, 0) is 12.8 Å². The maximum absolute atomic E-state index is 5.59. The number of rotatable bonds is 6. The molecule has 2 nitrogen and oxygen atoms in total. The van der Waals surface area contributed by atoms with Gasteiger partial charge in [0.15, 0.2) is 0 Å². The Morgan fingerprint density at radius 3 is 2.00 bits per heavy atom. The van der Waals surface area contributed by atoms with Crippen LogP contribution in [0.5, 0.6) is 0 Å². The zero-order valence-electron chi connectivity index (χ0n) is 7.97. The molecule has 2 N–H and O–H groups in total. The molecule has 0 amide bonds. The van der Waals surface area contributed by atoms with Crippen molar-refractivity contribution in [3.63, 3.8) is 0 Å². The molecule has 0 radical (unpaired) electrons. The van der Waals surface area contributed by atoms with E-state index in [4.69, 9.17) is 10.5 Å². The standard InChI is InChI=1S/C9H21NO/c1-4-8(5-2)9(7-10)11-6-3/h8-9H,4-7,10H2,1-3H3. The molecule has 11 heavy (non-hydrogen) atoms. The van der Waals surface area contributed by atoms with Crippen molar-refractivity contribution in [2.75, 3.05) is 13.2 Å². The fourth-order valence-corrected chi connectivity index (χ4v) is 1.43. The second-order valence-corrected chi connectivity index (χ2v) is 2.81. The number of ether oxygens (including phenoxy) is 1. The maximum atomic E-state index is 5.59. The van der Waals surface area contributed by atoms with Crippen LogP contribution in [0.25, 0.3) is 0 Å². The van der Waals surface area contributed by atoms with Crippen molar-refractivity contribution < 1.29 is 4.74 Å². The van der Waals surface area contributed by atoms with Gasteiger partial charge in [-0.1, -0.05) is 26.7 Å². The van der Waals surface area contributed by atoms with Gasteiger partial charge in [0.1, 0.15) is 0 Å².